The van der Waals surface area contributed by atoms with Gasteiger partial charge in [0.2, 0.25) is 5.95 Å². The first-order valence-corrected chi connectivity index (χ1v) is 5.78. The summed E-state index contributed by atoms with van der Waals surface area (Å²) in [5, 5.41) is 4.17. The number of nitrogens with zero attached hydrogens (tertiary/aromatic N) is 3. The highest BCUT2D eigenvalue weighted by Gasteiger charge is 2.10. The van der Waals surface area contributed by atoms with E-state index in [2.05, 4.69) is 37.7 Å². The van der Waals surface area contributed by atoms with Crippen molar-refractivity contribution in [3.63, 3.8) is 0 Å². The summed E-state index contributed by atoms with van der Waals surface area (Å²) in [5.74, 6) is 1.24. The van der Waals surface area contributed by atoms with E-state index in [0.29, 0.717) is 11.8 Å². The molecule has 0 atom stereocenters. The predicted molar refractivity (Wildman–Crippen MR) is 70.3 cm³/mol. The van der Waals surface area contributed by atoms with Gasteiger partial charge in [-0.25, -0.2) is 4.98 Å². The third-order valence-electron chi connectivity index (χ3n) is 2.34. The molecule has 0 saturated heterocycles. The van der Waals surface area contributed by atoms with Gasteiger partial charge in [-0.15, -0.1) is 0 Å². The summed E-state index contributed by atoms with van der Waals surface area (Å²) < 4.78 is 2.51. The number of benzene rings is 1. The van der Waals surface area contributed by atoms with E-state index >= 15 is 0 Å². The molecule has 3 N–H and O–H groups in total. The largest absolute Gasteiger partial charge is 0.383 e. The number of H-pyrrole nitrogens is 1. The average Bonchev–Trinajstić information content (AvgIpc) is 2.84. The molecular formula is C10H8IN5. The van der Waals surface area contributed by atoms with Crippen LogP contribution in [0.1, 0.15) is 0 Å². The lowest BCUT2D eigenvalue weighted by molar-refractivity contribution is 0.839. The second-order valence-corrected chi connectivity index (χ2v) is 4.53. The molecule has 0 aliphatic carbocycles. The minimum Gasteiger partial charge on any atom is -0.383 e. The molecule has 0 radical (unpaired) electrons. The number of nitrogens with two attached hydrogens (primary N) is 1. The monoisotopic (exact) mass is 325 g/mol. The van der Waals surface area contributed by atoms with Crippen molar-refractivity contribution in [3.8, 4) is 5.95 Å². The summed E-state index contributed by atoms with van der Waals surface area (Å²) in [7, 11) is 0. The Morgan fingerprint density at radius 3 is 2.81 bits per heavy atom. The minimum absolute atomic E-state index is 0.597. The van der Waals surface area contributed by atoms with E-state index in [9.17, 15) is 0 Å². The number of hydrogen-bond acceptors (Lipinski definition) is 3. The van der Waals surface area contributed by atoms with Gasteiger partial charge in [0.15, 0.2) is 0 Å². The van der Waals surface area contributed by atoms with Gasteiger partial charge in [-0.2, -0.15) is 9.78 Å². The quantitative estimate of drug-likeness (QED) is 0.672. The van der Waals surface area contributed by atoms with Crippen LogP contribution in [0.5, 0.6) is 0 Å². The van der Waals surface area contributed by atoms with Gasteiger partial charge >= 0.3 is 0 Å². The van der Waals surface area contributed by atoms with Gasteiger partial charge in [0.05, 0.1) is 20.8 Å². The van der Waals surface area contributed by atoms with E-state index in [1.165, 1.54) is 0 Å². The molecule has 0 amide bonds. The molecule has 16 heavy (non-hydrogen) atoms. The normalized spacial score (nSPS) is 11.1. The molecule has 0 saturated carbocycles. The molecule has 0 spiro atoms. The maximum Gasteiger partial charge on any atom is 0.231 e. The highest BCUT2D eigenvalue weighted by atomic mass is 127. The molecule has 2 aromatic heterocycles. The Bertz CT molecular complexity index is 621. The topological polar surface area (TPSA) is 72.5 Å². The second kappa shape index (κ2) is 3.48. The van der Waals surface area contributed by atoms with Crippen molar-refractivity contribution in [2.75, 3.05) is 5.73 Å². The van der Waals surface area contributed by atoms with E-state index in [1.807, 2.05) is 24.3 Å². The molecular weight excluding hydrogens is 317 g/mol. The number of anilines is 1. The fourth-order valence-corrected chi connectivity index (χ4v) is 1.90. The predicted octanol–water partition coefficient (Wildman–Crippen LogP) is 1.94. The molecule has 5 nitrogen and oxygen atoms in total. The van der Waals surface area contributed by atoms with Crippen LogP contribution < -0.4 is 5.73 Å². The van der Waals surface area contributed by atoms with Gasteiger partial charge < -0.3 is 10.7 Å². The van der Waals surface area contributed by atoms with Gasteiger partial charge in [0, 0.05) is 0 Å². The van der Waals surface area contributed by atoms with Crippen LogP contribution in [0.25, 0.3) is 17.0 Å². The lowest BCUT2D eigenvalue weighted by atomic mass is 10.3. The van der Waals surface area contributed by atoms with Crippen molar-refractivity contribution in [1.82, 2.24) is 19.7 Å². The number of hydrogen-bond donors (Lipinski definition) is 2. The molecule has 80 valence electrons. The van der Waals surface area contributed by atoms with Crippen LogP contribution in [0, 0.1) is 3.57 Å². The number of aromatic nitrogens is 4. The van der Waals surface area contributed by atoms with Gasteiger partial charge in [0.25, 0.3) is 0 Å². The lowest BCUT2D eigenvalue weighted by Crippen LogP contribution is -2.03. The number of nitrogens with one attached hydrogen (secondary N) is 1. The average molecular weight is 325 g/mol. The standard InChI is InChI=1S/C10H8IN5/c11-6-5-13-16(9(6)12)10-14-7-3-1-2-4-8(7)15-10/h1-5H,12H2,(H,14,15). The van der Waals surface area contributed by atoms with E-state index in [-0.39, 0.29) is 0 Å². The Morgan fingerprint density at radius 1 is 1.31 bits per heavy atom. The first kappa shape index (κ1) is 9.64. The van der Waals surface area contributed by atoms with E-state index in [0.717, 1.165) is 14.6 Å². The zero-order chi connectivity index (χ0) is 11.1. The zero-order valence-corrected chi connectivity index (χ0v) is 10.3. The van der Waals surface area contributed by atoms with Gasteiger partial charge in [-0.1, -0.05) is 12.1 Å². The van der Waals surface area contributed by atoms with E-state index in [1.54, 1.807) is 10.9 Å². The highest BCUT2D eigenvalue weighted by molar-refractivity contribution is 14.1. The maximum absolute atomic E-state index is 5.89. The maximum atomic E-state index is 5.89. The summed E-state index contributed by atoms with van der Waals surface area (Å²) in [5.41, 5.74) is 7.77. The molecule has 0 aliphatic heterocycles. The Labute approximate surface area is 105 Å². The van der Waals surface area contributed by atoms with Gasteiger partial charge in [-0.3, -0.25) is 0 Å². The van der Waals surface area contributed by atoms with Crippen molar-refractivity contribution in [2.45, 2.75) is 0 Å². The van der Waals surface area contributed by atoms with Crippen molar-refractivity contribution in [1.29, 1.82) is 0 Å². The molecule has 3 aromatic rings. The SMILES string of the molecule is Nc1c(I)cnn1-c1nc2ccccc2[nH]1. The molecule has 2 heterocycles. The summed E-state index contributed by atoms with van der Waals surface area (Å²) in [6, 6.07) is 7.82. The smallest absolute Gasteiger partial charge is 0.231 e. The fraction of sp³-hybridized carbons (Fsp3) is 0. The first-order valence-electron chi connectivity index (χ1n) is 4.70. The van der Waals surface area contributed by atoms with Gasteiger partial charge in [0.1, 0.15) is 5.82 Å². The Kier molecular flexibility index (Phi) is 2.10. The van der Waals surface area contributed by atoms with Crippen LogP contribution in [0.2, 0.25) is 0 Å². The minimum atomic E-state index is 0.597. The fourth-order valence-electron chi connectivity index (χ4n) is 1.55. The molecule has 0 bridgehead atoms. The van der Waals surface area contributed by atoms with Crippen LogP contribution in [-0.2, 0) is 0 Å². The van der Waals surface area contributed by atoms with Crippen molar-refractivity contribution < 1.29 is 0 Å². The molecule has 0 fully saturated rings. The molecule has 0 aliphatic rings. The first-order chi connectivity index (χ1) is 7.75. The summed E-state index contributed by atoms with van der Waals surface area (Å²) in [4.78, 5) is 7.59. The van der Waals surface area contributed by atoms with Gasteiger partial charge in [-0.05, 0) is 34.7 Å². The number of nitrogen functional groups attached to an aromatic ring is 1. The van der Waals surface area contributed by atoms with Crippen molar-refractivity contribution >= 4 is 39.4 Å². The Hall–Kier alpha value is -1.57. The van der Waals surface area contributed by atoms with Crippen LogP contribution >= 0.6 is 22.6 Å². The number of fused-ring (bicyclic) bond motifs is 1. The van der Waals surface area contributed by atoms with Crippen LogP contribution in [0.4, 0.5) is 5.82 Å². The number of aromatic amines is 1. The Morgan fingerprint density at radius 2 is 2.12 bits per heavy atom. The van der Waals surface area contributed by atoms with Crippen LogP contribution in [0.3, 0.4) is 0 Å². The number of imidazole rings is 1. The summed E-state index contributed by atoms with van der Waals surface area (Å²) >= 11 is 2.14. The third-order valence-corrected chi connectivity index (χ3v) is 3.17. The number of halogens is 1. The summed E-state index contributed by atoms with van der Waals surface area (Å²) in [6.45, 7) is 0. The van der Waals surface area contributed by atoms with Crippen LogP contribution in [0.15, 0.2) is 30.5 Å². The van der Waals surface area contributed by atoms with E-state index < -0.39 is 0 Å². The van der Waals surface area contributed by atoms with Crippen molar-refractivity contribution in [3.05, 3.63) is 34.0 Å². The lowest BCUT2D eigenvalue weighted by Gasteiger charge is -1.97. The molecule has 3 rings (SSSR count). The number of rotatable bonds is 1. The Balaban J connectivity index is 2.23. The third kappa shape index (κ3) is 1.37. The molecule has 1 aromatic carbocycles. The summed E-state index contributed by atoms with van der Waals surface area (Å²) in [6.07, 6.45) is 1.71. The van der Waals surface area contributed by atoms with Crippen LogP contribution in [-0.4, -0.2) is 19.7 Å². The van der Waals surface area contributed by atoms with Crippen molar-refractivity contribution in [2.24, 2.45) is 0 Å². The molecule has 0 unspecified atom stereocenters. The van der Waals surface area contributed by atoms with E-state index in [4.69, 9.17) is 5.73 Å². The zero-order valence-electron chi connectivity index (χ0n) is 8.18. The second-order valence-electron chi connectivity index (χ2n) is 3.37. The highest BCUT2D eigenvalue weighted by Crippen LogP contribution is 2.19. The molecule has 6 heteroatoms. The number of para-hydroxylation sites is 2.